The Bertz CT molecular complexity index is 259. The third-order valence-corrected chi connectivity index (χ3v) is 2.65. The first-order chi connectivity index (χ1) is 8.56. The molecule has 0 saturated carbocycles. The van der Waals surface area contributed by atoms with Crippen LogP contribution in [0.1, 0.15) is 26.7 Å². The summed E-state index contributed by atoms with van der Waals surface area (Å²) in [6.07, 6.45) is 1.63. The SMILES string of the molecule is CCCC(CN)C(=O)NC(C)C(=O)NCCOC. The van der Waals surface area contributed by atoms with Gasteiger partial charge >= 0.3 is 0 Å². The van der Waals surface area contributed by atoms with Crippen LogP contribution in [0.5, 0.6) is 0 Å². The van der Waals surface area contributed by atoms with Gasteiger partial charge in [-0.1, -0.05) is 13.3 Å². The Balaban J connectivity index is 4.08. The van der Waals surface area contributed by atoms with Crippen LogP contribution in [0.25, 0.3) is 0 Å². The Morgan fingerprint density at radius 3 is 2.50 bits per heavy atom. The number of rotatable bonds is 9. The molecule has 0 aliphatic heterocycles. The smallest absolute Gasteiger partial charge is 0.242 e. The highest BCUT2D eigenvalue weighted by atomic mass is 16.5. The van der Waals surface area contributed by atoms with Crippen molar-refractivity contribution < 1.29 is 14.3 Å². The Morgan fingerprint density at radius 1 is 1.33 bits per heavy atom. The van der Waals surface area contributed by atoms with Gasteiger partial charge in [0.1, 0.15) is 6.04 Å². The second-order valence-electron chi connectivity index (χ2n) is 4.24. The second-order valence-corrected chi connectivity index (χ2v) is 4.24. The number of methoxy groups -OCH3 is 1. The Kier molecular flexibility index (Phi) is 9.22. The Labute approximate surface area is 109 Å². The highest BCUT2D eigenvalue weighted by Gasteiger charge is 2.20. The molecule has 0 saturated heterocycles. The maximum Gasteiger partial charge on any atom is 0.242 e. The van der Waals surface area contributed by atoms with Crippen LogP contribution >= 0.6 is 0 Å². The number of ether oxygens (including phenoxy) is 1. The molecule has 6 nitrogen and oxygen atoms in total. The molecule has 4 N–H and O–H groups in total. The summed E-state index contributed by atoms with van der Waals surface area (Å²) in [5.41, 5.74) is 5.53. The van der Waals surface area contributed by atoms with E-state index in [9.17, 15) is 9.59 Å². The minimum Gasteiger partial charge on any atom is -0.383 e. The van der Waals surface area contributed by atoms with Crippen molar-refractivity contribution in [1.29, 1.82) is 0 Å². The fourth-order valence-electron chi connectivity index (χ4n) is 1.53. The molecular formula is C12H25N3O3. The van der Waals surface area contributed by atoms with Gasteiger partial charge in [-0.2, -0.15) is 0 Å². The van der Waals surface area contributed by atoms with Crippen molar-refractivity contribution >= 4 is 11.8 Å². The van der Waals surface area contributed by atoms with Crippen LogP contribution in [-0.4, -0.2) is 44.7 Å². The third-order valence-electron chi connectivity index (χ3n) is 2.65. The molecule has 0 spiro atoms. The molecule has 0 bridgehead atoms. The average molecular weight is 259 g/mol. The molecule has 106 valence electrons. The summed E-state index contributed by atoms with van der Waals surface area (Å²) in [5.74, 6) is -0.592. The molecule has 0 aliphatic rings. The molecule has 0 aromatic rings. The number of hydrogen-bond acceptors (Lipinski definition) is 4. The Hall–Kier alpha value is -1.14. The van der Waals surface area contributed by atoms with Gasteiger partial charge in [-0.05, 0) is 13.3 Å². The topological polar surface area (TPSA) is 93.5 Å². The molecule has 18 heavy (non-hydrogen) atoms. The first kappa shape index (κ1) is 16.9. The maximum absolute atomic E-state index is 11.8. The van der Waals surface area contributed by atoms with Crippen LogP contribution in [0.2, 0.25) is 0 Å². The summed E-state index contributed by atoms with van der Waals surface area (Å²) in [7, 11) is 1.56. The summed E-state index contributed by atoms with van der Waals surface area (Å²) < 4.78 is 4.82. The van der Waals surface area contributed by atoms with Crippen LogP contribution in [0, 0.1) is 5.92 Å². The zero-order valence-corrected chi connectivity index (χ0v) is 11.5. The highest BCUT2D eigenvalue weighted by Crippen LogP contribution is 2.04. The van der Waals surface area contributed by atoms with E-state index in [1.807, 2.05) is 6.92 Å². The number of carbonyl (C=O) groups excluding carboxylic acids is 2. The fourth-order valence-corrected chi connectivity index (χ4v) is 1.53. The number of nitrogens with two attached hydrogens (primary N) is 1. The van der Waals surface area contributed by atoms with Crippen molar-refractivity contribution in [3.8, 4) is 0 Å². The zero-order valence-electron chi connectivity index (χ0n) is 11.5. The number of amides is 2. The third kappa shape index (κ3) is 6.56. The monoisotopic (exact) mass is 259 g/mol. The summed E-state index contributed by atoms with van der Waals surface area (Å²) in [6, 6.07) is -0.555. The van der Waals surface area contributed by atoms with E-state index in [2.05, 4.69) is 10.6 Å². The lowest BCUT2D eigenvalue weighted by atomic mass is 10.0. The van der Waals surface area contributed by atoms with E-state index in [-0.39, 0.29) is 17.7 Å². The summed E-state index contributed by atoms with van der Waals surface area (Å²) in [6.45, 7) is 4.84. The van der Waals surface area contributed by atoms with Crippen LogP contribution in [-0.2, 0) is 14.3 Å². The molecule has 2 unspecified atom stereocenters. The average Bonchev–Trinajstić information content (AvgIpc) is 2.35. The molecule has 0 heterocycles. The number of nitrogens with one attached hydrogen (secondary N) is 2. The molecule has 2 amide bonds. The number of hydrogen-bond donors (Lipinski definition) is 3. The van der Waals surface area contributed by atoms with Crippen molar-refractivity contribution in [2.75, 3.05) is 26.8 Å². The summed E-state index contributed by atoms with van der Waals surface area (Å²) >= 11 is 0. The second kappa shape index (κ2) is 9.85. The lowest BCUT2D eigenvalue weighted by Gasteiger charge is -2.18. The molecule has 2 atom stereocenters. The van der Waals surface area contributed by atoms with Gasteiger partial charge in [-0.25, -0.2) is 0 Å². The van der Waals surface area contributed by atoms with Crippen molar-refractivity contribution in [1.82, 2.24) is 10.6 Å². The summed E-state index contributed by atoms with van der Waals surface area (Å²) in [5, 5.41) is 5.34. The van der Waals surface area contributed by atoms with Gasteiger partial charge in [0.05, 0.1) is 12.5 Å². The van der Waals surface area contributed by atoms with Crippen molar-refractivity contribution in [3.63, 3.8) is 0 Å². The molecule has 0 aromatic heterocycles. The first-order valence-electron chi connectivity index (χ1n) is 6.33. The predicted molar refractivity (Wildman–Crippen MR) is 69.9 cm³/mol. The predicted octanol–water partition coefficient (Wildman–Crippen LogP) is -0.371. The molecule has 0 aliphatic carbocycles. The Morgan fingerprint density at radius 2 is 2.00 bits per heavy atom. The fraction of sp³-hybridized carbons (Fsp3) is 0.833. The van der Waals surface area contributed by atoms with Crippen LogP contribution in [0.3, 0.4) is 0 Å². The molecule has 0 fully saturated rings. The highest BCUT2D eigenvalue weighted by molar-refractivity contribution is 5.88. The van der Waals surface area contributed by atoms with Crippen LogP contribution in [0.4, 0.5) is 0 Å². The van der Waals surface area contributed by atoms with Gasteiger partial charge in [-0.15, -0.1) is 0 Å². The van der Waals surface area contributed by atoms with Crippen molar-refractivity contribution in [2.24, 2.45) is 11.7 Å². The molecule has 6 heteroatoms. The van der Waals surface area contributed by atoms with E-state index >= 15 is 0 Å². The minimum atomic E-state index is -0.555. The van der Waals surface area contributed by atoms with Crippen LogP contribution < -0.4 is 16.4 Å². The van der Waals surface area contributed by atoms with Gasteiger partial charge in [-0.3, -0.25) is 9.59 Å². The zero-order chi connectivity index (χ0) is 14.0. The normalized spacial score (nSPS) is 13.8. The van der Waals surface area contributed by atoms with Crippen LogP contribution in [0.15, 0.2) is 0 Å². The summed E-state index contributed by atoms with van der Waals surface area (Å²) in [4.78, 5) is 23.4. The van der Waals surface area contributed by atoms with Gasteiger partial charge in [0.15, 0.2) is 0 Å². The van der Waals surface area contributed by atoms with E-state index in [0.717, 1.165) is 12.8 Å². The largest absolute Gasteiger partial charge is 0.383 e. The molecule has 0 rings (SSSR count). The van der Waals surface area contributed by atoms with Gasteiger partial charge in [0.25, 0.3) is 0 Å². The quantitative estimate of drug-likeness (QED) is 0.492. The lowest BCUT2D eigenvalue weighted by molar-refractivity contribution is -0.130. The van der Waals surface area contributed by atoms with E-state index in [1.54, 1.807) is 14.0 Å². The van der Waals surface area contributed by atoms with E-state index in [1.165, 1.54) is 0 Å². The van der Waals surface area contributed by atoms with Gasteiger partial charge in [0, 0.05) is 20.2 Å². The molecular weight excluding hydrogens is 234 g/mol. The molecule has 0 radical (unpaired) electrons. The lowest BCUT2D eigenvalue weighted by Crippen LogP contribution is -2.48. The number of carbonyl (C=O) groups is 2. The van der Waals surface area contributed by atoms with E-state index in [4.69, 9.17) is 10.5 Å². The standard InChI is InChI=1S/C12H25N3O3/c1-4-5-10(8-13)12(17)15-9(2)11(16)14-6-7-18-3/h9-10H,4-8,13H2,1-3H3,(H,14,16)(H,15,17). The molecule has 0 aromatic carbocycles. The van der Waals surface area contributed by atoms with Gasteiger partial charge in [0.2, 0.25) is 11.8 Å². The van der Waals surface area contributed by atoms with Gasteiger partial charge < -0.3 is 21.1 Å². The first-order valence-corrected chi connectivity index (χ1v) is 6.33. The van der Waals surface area contributed by atoms with Crippen molar-refractivity contribution in [3.05, 3.63) is 0 Å². The minimum absolute atomic E-state index is 0.159. The maximum atomic E-state index is 11.8. The van der Waals surface area contributed by atoms with E-state index in [0.29, 0.717) is 19.7 Å². The van der Waals surface area contributed by atoms with Crippen molar-refractivity contribution in [2.45, 2.75) is 32.7 Å². The van der Waals surface area contributed by atoms with E-state index < -0.39 is 6.04 Å².